The molecular weight excluding hydrogens is 244 g/mol. The number of rotatable bonds is 1. The lowest BCUT2D eigenvalue weighted by Crippen LogP contribution is -2.41. The van der Waals surface area contributed by atoms with E-state index >= 15 is 0 Å². The van der Waals surface area contributed by atoms with Crippen molar-refractivity contribution in [3.63, 3.8) is 0 Å². The van der Waals surface area contributed by atoms with Crippen molar-refractivity contribution < 1.29 is 0 Å². The highest BCUT2D eigenvalue weighted by molar-refractivity contribution is 5.71. The van der Waals surface area contributed by atoms with Gasteiger partial charge in [0.05, 0.1) is 0 Å². The summed E-state index contributed by atoms with van der Waals surface area (Å²) >= 11 is 0. The molecule has 1 spiro atoms. The summed E-state index contributed by atoms with van der Waals surface area (Å²) in [4.78, 5) is 0. The van der Waals surface area contributed by atoms with Crippen LogP contribution in [0.15, 0.2) is 48.5 Å². The molecule has 0 radical (unpaired) electrons. The molecule has 0 bridgehead atoms. The summed E-state index contributed by atoms with van der Waals surface area (Å²) in [5.74, 6) is 0. The third-order valence-corrected chi connectivity index (χ3v) is 4.88. The van der Waals surface area contributed by atoms with Gasteiger partial charge in [-0.3, -0.25) is 0 Å². The van der Waals surface area contributed by atoms with Gasteiger partial charge in [0.15, 0.2) is 0 Å². The van der Waals surface area contributed by atoms with Gasteiger partial charge in [-0.25, -0.2) is 0 Å². The van der Waals surface area contributed by atoms with Crippen LogP contribution in [0.25, 0.3) is 11.1 Å². The van der Waals surface area contributed by atoms with Gasteiger partial charge in [-0.15, -0.1) is 0 Å². The molecule has 2 aromatic carbocycles. The number of fused-ring (bicyclic) bond motifs is 2. The van der Waals surface area contributed by atoms with E-state index in [1.807, 2.05) is 0 Å². The topological polar surface area (TPSA) is 24.1 Å². The fourth-order valence-corrected chi connectivity index (χ4v) is 3.66. The largest absolute Gasteiger partial charge is 0.384 e. The summed E-state index contributed by atoms with van der Waals surface area (Å²) < 4.78 is 0. The lowest BCUT2D eigenvalue weighted by molar-refractivity contribution is 0.335. The van der Waals surface area contributed by atoms with Crippen LogP contribution in [-0.4, -0.2) is 19.6 Å². The van der Waals surface area contributed by atoms with Crippen LogP contribution in [-0.2, 0) is 5.41 Å². The highest BCUT2D eigenvalue weighted by atomic mass is 15.0. The summed E-state index contributed by atoms with van der Waals surface area (Å²) in [7, 11) is 0. The van der Waals surface area contributed by atoms with Gasteiger partial charge in [0.25, 0.3) is 0 Å². The molecule has 0 unspecified atom stereocenters. The summed E-state index contributed by atoms with van der Waals surface area (Å²) in [6.45, 7) is 3.37. The highest BCUT2D eigenvalue weighted by Crippen LogP contribution is 2.44. The second-order valence-electron chi connectivity index (χ2n) is 6.01. The van der Waals surface area contributed by atoms with Crippen LogP contribution in [0.1, 0.15) is 18.4 Å². The molecule has 2 N–H and O–H groups in total. The van der Waals surface area contributed by atoms with Crippen molar-refractivity contribution in [3.8, 4) is 11.1 Å². The van der Waals surface area contributed by atoms with E-state index in [9.17, 15) is 0 Å². The molecule has 2 nitrogen and oxygen atoms in total. The SMILES string of the molecule is c1ccc(-c2ccc3c(c2)C2(CCNCC2)CN3)cc1. The first-order valence-electron chi connectivity index (χ1n) is 7.52. The Kier molecular flexibility index (Phi) is 2.78. The Morgan fingerprint density at radius 2 is 1.65 bits per heavy atom. The van der Waals surface area contributed by atoms with E-state index in [2.05, 4.69) is 59.2 Å². The maximum absolute atomic E-state index is 3.61. The van der Waals surface area contributed by atoms with Crippen LogP contribution in [0.3, 0.4) is 0 Å². The number of benzene rings is 2. The summed E-state index contributed by atoms with van der Waals surface area (Å²) in [6.07, 6.45) is 2.48. The predicted octanol–water partition coefficient (Wildman–Crippen LogP) is 3.40. The van der Waals surface area contributed by atoms with E-state index in [1.54, 1.807) is 0 Å². The molecule has 0 atom stereocenters. The van der Waals surface area contributed by atoms with E-state index in [-0.39, 0.29) is 0 Å². The molecule has 2 aromatic rings. The Labute approximate surface area is 120 Å². The van der Waals surface area contributed by atoms with Crippen LogP contribution >= 0.6 is 0 Å². The standard InChI is InChI=1S/C18H20N2/c1-2-4-14(5-3-1)15-6-7-17-16(12-15)18(13-20-17)8-10-19-11-9-18/h1-7,12,19-20H,8-11,13H2. The zero-order chi connectivity index (χ0) is 13.4. The minimum absolute atomic E-state index is 0.353. The molecular formula is C18H20N2. The van der Waals surface area contributed by atoms with Crippen molar-refractivity contribution in [2.24, 2.45) is 0 Å². The molecule has 0 aliphatic carbocycles. The van der Waals surface area contributed by atoms with E-state index in [0.29, 0.717) is 5.41 Å². The van der Waals surface area contributed by atoms with Crippen molar-refractivity contribution >= 4 is 5.69 Å². The molecule has 1 fully saturated rings. The molecule has 0 aromatic heterocycles. The van der Waals surface area contributed by atoms with Gasteiger partial charge in [-0.2, -0.15) is 0 Å². The quantitative estimate of drug-likeness (QED) is 0.825. The molecule has 2 heteroatoms. The summed E-state index contributed by atoms with van der Waals surface area (Å²) in [6, 6.07) is 17.6. The lowest BCUT2D eigenvalue weighted by Gasteiger charge is -2.34. The Morgan fingerprint density at radius 3 is 2.45 bits per heavy atom. The van der Waals surface area contributed by atoms with E-state index in [4.69, 9.17) is 0 Å². The number of hydrogen-bond acceptors (Lipinski definition) is 2. The van der Waals surface area contributed by atoms with Gasteiger partial charge in [-0.1, -0.05) is 36.4 Å². The van der Waals surface area contributed by atoms with Gasteiger partial charge in [-0.05, 0) is 54.8 Å². The van der Waals surface area contributed by atoms with E-state index in [1.165, 1.54) is 35.2 Å². The fraction of sp³-hybridized carbons (Fsp3) is 0.333. The number of nitrogens with one attached hydrogen (secondary N) is 2. The van der Waals surface area contributed by atoms with E-state index in [0.717, 1.165) is 19.6 Å². The van der Waals surface area contributed by atoms with Gasteiger partial charge < -0.3 is 10.6 Å². The van der Waals surface area contributed by atoms with Crippen LogP contribution in [0.4, 0.5) is 5.69 Å². The van der Waals surface area contributed by atoms with Gasteiger partial charge in [0.1, 0.15) is 0 Å². The number of hydrogen-bond donors (Lipinski definition) is 2. The number of anilines is 1. The van der Waals surface area contributed by atoms with Gasteiger partial charge in [0.2, 0.25) is 0 Å². The smallest absolute Gasteiger partial charge is 0.0379 e. The highest BCUT2D eigenvalue weighted by Gasteiger charge is 2.39. The Morgan fingerprint density at radius 1 is 0.850 bits per heavy atom. The first kappa shape index (κ1) is 12.0. The summed E-state index contributed by atoms with van der Waals surface area (Å²) in [5, 5.41) is 7.10. The van der Waals surface area contributed by atoms with Crippen LogP contribution in [0, 0.1) is 0 Å². The average molecular weight is 264 g/mol. The van der Waals surface area contributed by atoms with Crippen molar-refractivity contribution in [2.45, 2.75) is 18.3 Å². The van der Waals surface area contributed by atoms with Crippen molar-refractivity contribution in [3.05, 3.63) is 54.1 Å². The molecule has 2 aliphatic rings. The third-order valence-electron chi connectivity index (χ3n) is 4.88. The zero-order valence-electron chi connectivity index (χ0n) is 11.7. The molecule has 2 aliphatic heterocycles. The Bertz CT molecular complexity index is 607. The molecule has 0 amide bonds. The minimum Gasteiger partial charge on any atom is -0.384 e. The number of piperidine rings is 1. The first-order valence-corrected chi connectivity index (χ1v) is 7.52. The Balaban J connectivity index is 1.78. The van der Waals surface area contributed by atoms with Gasteiger partial charge in [0, 0.05) is 17.6 Å². The fourth-order valence-electron chi connectivity index (χ4n) is 3.66. The Hall–Kier alpha value is -1.80. The predicted molar refractivity (Wildman–Crippen MR) is 84.1 cm³/mol. The average Bonchev–Trinajstić information content (AvgIpc) is 2.87. The molecule has 20 heavy (non-hydrogen) atoms. The maximum atomic E-state index is 3.61. The zero-order valence-corrected chi connectivity index (χ0v) is 11.7. The second-order valence-corrected chi connectivity index (χ2v) is 6.01. The van der Waals surface area contributed by atoms with Crippen molar-refractivity contribution in [2.75, 3.05) is 25.0 Å². The van der Waals surface area contributed by atoms with Crippen LogP contribution < -0.4 is 10.6 Å². The van der Waals surface area contributed by atoms with Crippen LogP contribution in [0.5, 0.6) is 0 Å². The van der Waals surface area contributed by atoms with Crippen molar-refractivity contribution in [1.29, 1.82) is 0 Å². The molecule has 4 rings (SSSR count). The molecule has 102 valence electrons. The van der Waals surface area contributed by atoms with Crippen molar-refractivity contribution in [1.82, 2.24) is 5.32 Å². The molecule has 0 saturated carbocycles. The lowest BCUT2D eigenvalue weighted by atomic mass is 9.74. The third kappa shape index (κ3) is 1.83. The van der Waals surface area contributed by atoms with Crippen LogP contribution in [0.2, 0.25) is 0 Å². The first-order chi connectivity index (χ1) is 9.87. The van der Waals surface area contributed by atoms with Gasteiger partial charge >= 0.3 is 0 Å². The monoisotopic (exact) mass is 264 g/mol. The normalized spacial score (nSPS) is 19.6. The second kappa shape index (κ2) is 4.64. The van der Waals surface area contributed by atoms with E-state index < -0.39 is 0 Å². The molecule has 2 heterocycles. The summed E-state index contributed by atoms with van der Waals surface area (Å²) in [5.41, 5.74) is 5.87. The molecule has 1 saturated heterocycles. The minimum atomic E-state index is 0.353. The maximum Gasteiger partial charge on any atom is 0.0379 e.